The Hall–Kier alpha value is -0.690. The Labute approximate surface area is 171 Å². The van der Waals surface area contributed by atoms with Crippen molar-refractivity contribution in [3.63, 3.8) is 0 Å². The zero-order valence-electron chi connectivity index (χ0n) is 17.8. The number of aliphatic hydroxyl groups is 4. The van der Waals surface area contributed by atoms with Crippen LogP contribution in [0, 0.1) is 5.41 Å². The fourth-order valence-corrected chi connectivity index (χ4v) is 3.90. The molecule has 0 heterocycles. The molecule has 6 heteroatoms. The van der Waals surface area contributed by atoms with Gasteiger partial charge in [0, 0.05) is 0 Å². The van der Waals surface area contributed by atoms with Crippen molar-refractivity contribution in [1.29, 1.82) is 0 Å². The van der Waals surface area contributed by atoms with Crippen molar-refractivity contribution in [2.24, 2.45) is 5.41 Å². The molecule has 2 atom stereocenters. The molecule has 0 aliphatic carbocycles. The van der Waals surface area contributed by atoms with E-state index >= 15 is 0 Å². The number of aliphatic carboxylic acids is 1. The van der Waals surface area contributed by atoms with Crippen LogP contribution < -0.4 is 0 Å². The molecule has 0 saturated carbocycles. The molecule has 0 saturated heterocycles. The molecule has 168 valence electrons. The molecule has 0 aliphatic heterocycles. The smallest absolute Gasteiger partial charge is 0.309 e. The summed E-state index contributed by atoms with van der Waals surface area (Å²) in [5, 5.41) is 47.4. The lowest BCUT2D eigenvalue weighted by atomic mass is 9.73. The Morgan fingerprint density at radius 1 is 0.714 bits per heavy atom. The minimum absolute atomic E-state index is 0.117. The van der Waals surface area contributed by atoms with E-state index in [1.54, 1.807) is 0 Å². The van der Waals surface area contributed by atoms with Gasteiger partial charge in [0.15, 0.2) is 0 Å². The third kappa shape index (κ3) is 12.7. The molecule has 2 unspecified atom stereocenters. The number of carbonyl (C=O) groups is 1. The van der Waals surface area contributed by atoms with Gasteiger partial charge in [-0.1, -0.05) is 84.0 Å². The Morgan fingerprint density at radius 2 is 1.07 bits per heavy atom. The fourth-order valence-electron chi connectivity index (χ4n) is 3.90. The van der Waals surface area contributed by atoms with Crippen LogP contribution in [0.15, 0.2) is 0 Å². The van der Waals surface area contributed by atoms with Crippen LogP contribution in [-0.2, 0) is 4.79 Å². The monoisotopic (exact) mass is 404 g/mol. The Balaban J connectivity index is 4.15. The van der Waals surface area contributed by atoms with Gasteiger partial charge in [-0.15, -0.1) is 0 Å². The van der Waals surface area contributed by atoms with Gasteiger partial charge in [-0.2, -0.15) is 0 Å². The zero-order chi connectivity index (χ0) is 21.3. The standard InChI is InChI=1S/C22H44O6/c1-2-3-4-5-6-7-8-9-10-11-12-13-14-22(21(27)28,15-19(25)17-23)16-20(26)18-24/h19-20,23-26H,2-18H2,1H3,(H,27,28). The van der Waals surface area contributed by atoms with Gasteiger partial charge in [0.2, 0.25) is 0 Å². The molecule has 0 aromatic rings. The lowest BCUT2D eigenvalue weighted by Crippen LogP contribution is -2.39. The maximum atomic E-state index is 11.9. The van der Waals surface area contributed by atoms with Gasteiger partial charge in [0.05, 0.1) is 30.8 Å². The number of carboxylic acid groups (broad SMARTS) is 1. The summed E-state index contributed by atoms with van der Waals surface area (Å²) in [6.45, 7) is 1.20. The molecule has 0 amide bonds. The molecule has 0 rings (SSSR count). The van der Waals surface area contributed by atoms with Gasteiger partial charge < -0.3 is 25.5 Å². The average Bonchev–Trinajstić information content (AvgIpc) is 2.68. The van der Waals surface area contributed by atoms with Crippen LogP contribution in [0.2, 0.25) is 0 Å². The van der Waals surface area contributed by atoms with E-state index < -0.39 is 36.8 Å². The van der Waals surface area contributed by atoms with Crippen LogP contribution in [-0.4, -0.2) is 56.9 Å². The van der Waals surface area contributed by atoms with Crippen molar-refractivity contribution < 1.29 is 30.3 Å². The predicted molar refractivity (Wildman–Crippen MR) is 111 cm³/mol. The first-order valence-corrected chi connectivity index (χ1v) is 11.2. The topological polar surface area (TPSA) is 118 Å². The Kier molecular flexibility index (Phi) is 16.8. The number of rotatable bonds is 20. The van der Waals surface area contributed by atoms with Crippen LogP contribution in [0.25, 0.3) is 0 Å². The maximum absolute atomic E-state index is 11.9. The van der Waals surface area contributed by atoms with Gasteiger partial charge in [-0.25, -0.2) is 0 Å². The Morgan fingerprint density at radius 3 is 1.39 bits per heavy atom. The summed E-state index contributed by atoms with van der Waals surface area (Å²) in [7, 11) is 0. The molecule has 0 fully saturated rings. The van der Waals surface area contributed by atoms with E-state index in [4.69, 9.17) is 10.2 Å². The number of hydrogen-bond donors (Lipinski definition) is 5. The summed E-state index contributed by atoms with van der Waals surface area (Å²) in [5.41, 5.74) is -1.32. The molecule has 0 spiro atoms. The van der Waals surface area contributed by atoms with E-state index in [9.17, 15) is 20.1 Å². The van der Waals surface area contributed by atoms with E-state index in [0.717, 1.165) is 19.3 Å². The van der Waals surface area contributed by atoms with Crippen LogP contribution in [0.3, 0.4) is 0 Å². The van der Waals surface area contributed by atoms with Crippen LogP contribution in [0.5, 0.6) is 0 Å². The highest BCUT2D eigenvalue weighted by molar-refractivity contribution is 5.74. The molecule has 28 heavy (non-hydrogen) atoms. The zero-order valence-corrected chi connectivity index (χ0v) is 17.8. The highest BCUT2D eigenvalue weighted by Crippen LogP contribution is 2.36. The molecule has 0 radical (unpaired) electrons. The molecule has 0 aliphatic rings. The van der Waals surface area contributed by atoms with Crippen molar-refractivity contribution in [1.82, 2.24) is 0 Å². The van der Waals surface area contributed by atoms with Gasteiger partial charge in [0.25, 0.3) is 0 Å². The maximum Gasteiger partial charge on any atom is 0.309 e. The van der Waals surface area contributed by atoms with E-state index in [-0.39, 0.29) is 12.8 Å². The minimum Gasteiger partial charge on any atom is -0.481 e. The second kappa shape index (κ2) is 17.2. The number of carboxylic acids is 1. The molecule has 0 aromatic carbocycles. The van der Waals surface area contributed by atoms with Gasteiger partial charge in [-0.3, -0.25) is 4.79 Å². The first-order valence-electron chi connectivity index (χ1n) is 11.2. The number of unbranched alkanes of at least 4 members (excludes halogenated alkanes) is 11. The third-order valence-electron chi connectivity index (χ3n) is 5.64. The van der Waals surface area contributed by atoms with Gasteiger partial charge in [0.1, 0.15) is 0 Å². The van der Waals surface area contributed by atoms with E-state index in [1.165, 1.54) is 51.4 Å². The van der Waals surface area contributed by atoms with E-state index in [1.807, 2.05) is 0 Å². The highest BCUT2D eigenvalue weighted by atomic mass is 16.4. The first-order chi connectivity index (χ1) is 13.4. The lowest BCUT2D eigenvalue weighted by Gasteiger charge is -2.32. The van der Waals surface area contributed by atoms with Crippen molar-refractivity contribution in [2.75, 3.05) is 13.2 Å². The third-order valence-corrected chi connectivity index (χ3v) is 5.64. The molecular weight excluding hydrogens is 360 g/mol. The summed E-state index contributed by atoms with van der Waals surface area (Å²) >= 11 is 0. The predicted octanol–water partition coefficient (Wildman–Crippen LogP) is 3.64. The largest absolute Gasteiger partial charge is 0.481 e. The molecule has 6 nitrogen and oxygen atoms in total. The molecule has 0 bridgehead atoms. The van der Waals surface area contributed by atoms with Crippen LogP contribution in [0.4, 0.5) is 0 Å². The van der Waals surface area contributed by atoms with Gasteiger partial charge >= 0.3 is 5.97 Å². The van der Waals surface area contributed by atoms with Crippen molar-refractivity contribution in [2.45, 2.75) is 115 Å². The summed E-state index contributed by atoms with van der Waals surface area (Å²) in [6, 6.07) is 0. The highest BCUT2D eigenvalue weighted by Gasteiger charge is 2.41. The Bertz CT molecular complexity index is 362. The summed E-state index contributed by atoms with van der Waals surface area (Å²) in [4.78, 5) is 11.9. The second-order valence-corrected chi connectivity index (χ2v) is 8.31. The van der Waals surface area contributed by atoms with Crippen molar-refractivity contribution in [3.05, 3.63) is 0 Å². The second-order valence-electron chi connectivity index (χ2n) is 8.31. The van der Waals surface area contributed by atoms with E-state index in [2.05, 4.69) is 6.92 Å². The summed E-state index contributed by atoms with van der Waals surface area (Å²) in [6.07, 6.45) is 12.0. The van der Waals surface area contributed by atoms with Crippen molar-refractivity contribution in [3.8, 4) is 0 Å². The average molecular weight is 405 g/mol. The molecular formula is C22H44O6. The minimum atomic E-state index is -1.32. The summed E-state index contributed by atoms with van der Waals surface area (Å²) < 4.78 is 0. The number of aliphatic hydroxyl groups excluding tert-OH is 4. The first kappa shape index (κ1) is 27.3. The van der Waals surface area contributed by atoms with Gasteiger partial charge in [-0.05, 0) is 19.3 Å². The quantitative estimate of drug-likeness (QED) is 0.198. The lowest BCUT2D eigenvalue weighted by molar-refractivity contribution is -0.155. The normalized spacial score (nSPS) is 15.9. The molecule has 0 aromatic heterocycles. The fraction of sp³-hybridized carbons (Fsp3) is 0.955. The molecule has 5 N–H and O–H groups in total. The van der Waals surface area contributed by atoms with E-state index in [0.29, 0.717) is 12.8 Å². The van der Waals surface area contributed by atoms with Crippen molar-refractivity contribution >= 4 is 5.97 Å². The van der Waals surface area contributed by atoms with Crippen LogP contribution >= 0.6 is 0 Å². The SMILES string of the molecule is CCCCCCCCCCCCCCC(CC(O)CO)(CC(O)CO)C(=O)O. The summed E-state index contributed by atoms with van der Waals surface area (Å²) in [5.74, 6) is -1.09. The van der Waals surface area contributed by atoms with Crippen LogP contribution in [0.1, 0.15) is 103 Å². The number of hydrogen-bond acceptors (Lipinski definition) is 5.